The Balaban J connectivity index is 1.73. The minimum Gasteiger partial charge on any atom is -0.354 e. The average Bonchev–Trinajstić information content (AvgIpc) is 3.31. The molecule has 3 aromatic heterocycles. The van der Waals surface area contributed by atoms with E-state index in [0.717, 1.165) is 22.5 Å². The van der Waals surface area contributed by atoms with Crippen molar-refractivity contribution in [2.45, 2.75) is 6.92 Å². The van der Waals surface area contributed by atoms with Gasteiger partial charge in [0.15, 0.2) is 5.65 Å². The monoisotopic (exact) mass is 398 g/mol. The van der Waals surface area contributed by atoms with Gasteiger partial charge in [-0.15, -0.1) is 11.3 Å². The Morgan fingerprint density at radius 2 is 2.19 bits per heavy atom. The number of para-hydroxylation sites is 1. The molecule has 0 unspecified atom stereocenters. The Bertz CT molecular complexity index is 1180. The molecule has 0 atom stereocenters. The molecular formula is C19H16ClN5OS. The Kier molecular flexibility index (Phi) is 4.23. The number of carbonyl (C=O) groups excluding carboxylic acids is 1. The van der Waals surface area contributed by atoms with Crippen LogP contribution in [0, 0.1) is 6.92 Å². The number of aryl methyl sites for hydroxylation is 1. The molecule has 0 spiro atoms. The smallest absolute Gasteiger partial charge is 0.261 e. The summed E-state index contributed by atoms with van der Waals surface area (Å²) in [5.41, 5.74) is 3.51. The highest BCUT2D eigenvalue weighted by atomic mass is 35.5. The van der Waals surface area contributed by atoms with E-state index in [1.165, 1.54) is 11.3 Å². The summed E-state index contributed by atoms with van der Waals surface area (Å²) < 4.78 is 9.76. The number of thiophene rings is 1. The Morgan fingerprint density at radius 1 is 1.33 bits per heavy atom. The lowest BCUT2D eigenvalue weighted by molar-refractivity contribution is 0.0967. The maximum absolute atomic E-state index is 11.8. The molecule has 6 nitrogen and oxygen atoms in total. The van der Waals surface area contributed by atoms with Gasteiger partial charge in [-0.2, -0.15) is 5.10 Å². The SMILES string of the molecule is [2H]c1cccc(Cl)c1Nc1cc2cnn(-c3csc(C(=O)NC)c3)c2nc1C. The number of nitrogens with zero attached hydrogens (tertiary/aromatic N) is 3. The van der Waals surface area contributed by atoms with E-state index in [2.05, 4.69) is 20.7 Å². The normalized spacial score (nSPS) is 11.4. The molecule has 0 saturated heterocycles. The van der Waals surface area contributed by atoms with Crippen LogP contribution in [0.25, 0.3) is 16.7 Å². The number of pyridine rings is 1. The topological polar surface area (TPSA) is 71.8 Å². The van der Waals surface area contributed by atoms with Crippen LogP contribution in [0.15, 0.2) is 48.0 Å². The Labute approximate surface area is 166 Å². The summed E-state index contributed by atoms with van der Waals surface area (Å²) in [6.45, 7) is 1.88. The summed E-state index contributed by atoms with van der Waals surface area (Å²) in [4.78, 5) is 17.1. The first-order valence-electron chi connectivity index (χ1n) is 8.66. The van der Waals surface area contributed by atoms with Crippen LogP contribution in [-0.4, -0.2) is 27.7 Å². The van der Waals surface area contributed by atoms with Crippen LogP contribution in [0.2, 0.25) is 5.02 Å². The van der Waals surface area contributed by atoms with E-state index in [-0.39, 0.29) is 5.91 Å². The number of fused-ring (bicyclic) bond motifs is 1. The largest absolute Gasteiger partial charge is 0.354 e. The zero-order chi connectivity index (χ0) is 19.8. The second kappa shape index (κ2) is 7.02. The molecule has 4 aromatic rings. The van der Waals surface area contributed by atoms with Crippen LogP contribution in [-0.2, 0) is 0 Å². The van der Waals surface area contributed by atoms with Gasteiger partial charge in [0, 0.05) is 17.8 Å². The molecule has 1 aromatic carbocycles. The predicted octanol–water partition coefficient (Wildman–Crippen LogP) is 4.55. The molecule has 1 amide bonds. The van der Waals surface area contributed by atoms with Crippen LogP contribution in [0.3, 0.4) is 0 Å². The molecule has 0 aliphatic heterocycles. The molecule has 0 fully saturated rings. The fourth-order valence-corrected chi connectivity index (χ4v) is 3.68. The average molecular weight is 399 g/mol. The maximum atomic E-state index is 11.8. The van der Waals surface area contributed by atoms with Crippen molar-refractivity contribution in [2.75, 3.05) is 12.4 Å². The lowest BCUT2D eigenvalue weighted by Crippen LogP contribution is -2.16. The molecule has 0 aliphatic rings. The minimum atomic E-state index is -0.130. The molecule has 4 rings (SSSR count). The van der Waals surface area contributed by atoms with Gasteiger partial charge in [0.05, 0.1) is 40.2 Å². The third kappa shape index (κ3) is 3.27. The zero-order valence-electron chi connectivity index (χ0n) is 15.6. The first-order chi connectivity index (χ1) is 13.5. The molecular weight excluding hydrogens is 382 g/mol. The lowest BCUT2D eigenvalue weighted by Gasteiger charge is -2.11. The third-order valence-corrected chi connectivity index (χ3v) is 5.31. The van der Waals surface area contributed by atoms with Crippen molar-refractivity contribution >= 4 is 51.3 Å². The van der Waals surface area contributed by atoms with Crippen LogP contribution in [0.1, 0.15) is 16.7 Å². The maximum Gasteiger partial charge on any atom is 0.261 e. The quantitative estimate of drug-likeness (QED) is 0.529. The number of hydrogen-bond donors (Lipinski definition) is 2. The number of halogens is 1. The van der Waals surface area contributed by atoms with Gasteiger partial charge < -0.3 is 10.6 Å². The summed E-state index contributed by atoms with van der Waals surface area (Å²) >= 11 is 7.58. The van der Waals surface area contributed by atoms with Crippen LogP contribution in [0.5, 0.6) is 0 Å². The van der Waals surface area contributed by atoms with Gasteiger partial charge >= 0.3 is 0 Å². The number of nitrogens with one attached hydrogen (secondary N) is 2. The molecule has 3 heterocycles. The van der Waals surface area contributed by atoms with Gasteiger partial charge in [0.2, 0.25) is 0 Å². The summed E-state index contributed by atoms with van der Waals surface area (Å²) in [5, 5.41) is 13.4. The first-order valence-corrected chi connectivity index (χ1v) is 9.42. The number of hydrogen-bond acceptors (Lipinski definition) is 5. The summed E-state index contributed by atoms with van der Waals surface area (Å²) in [6, 6.07) is 9.17. The Hall–Kier alpha value is -2.90. The van der Waals surface area contributed by atoms with E-state index in [0.29, 0.717) is 27.3 Å². The lowest BCUT2D eigenvalue weighted by atomic mass is 10.2. The molecule has 0 radical (unpaired) electrons. The van der Waals surface area contributed by atoms with E-state index < -0.39 is 0 Å². The Morgan fingerprint density at radius 3 is 2.96 bits per heavy atom. The highest BCUT2D eigenvalue weighted by molar-refractivity contribution is 7.12. The van der Waals surface area contributed by atoms with Gasteiger partial charge in [0.25, 0.3) is 5.91 Å². The zero-order valence-corrected chi connectivity index (χ0v) is 16.1. The van der Waals surface area contributed by atoms with Crippen molar-refractivity contribution in [3.8, 4) is 5.69 Å². The highest BCUT2D eigenvalue weighted by Crippen LogP contribution is 2.29. The third-order valence-electron chi connectivity index (χ3n) is 4.08. The van der Waals surface area contributed by atoms with Gasteiger partial charge in [-0.3, -0.25) is 4.79 Å². The highest BCUT2D eigenvalue weighted by Gasteiger charge is 2.14. The minimum absolute atomic E-state index is 0.130. The van der Waals surface area contributed by atoms with E-state index >= 15 is 0 Å². The number of aromatic nitrogens is 3. The number of carbonyl (C=O) groups is 1. The van der Waals surface area contributed by atoms with Gasteiger partial charge in [-0.25, -0.2) is 9.67 Å². The van der Waals surface area contributed by atoms with Crippen molar-refractivity contribution < 1.29 is 6.17 Å². The number of amides is 1. The summed E-state index contributed by atoms with van der Waals surface area (Å²) in [7, 11) is 1.60. The van der Waals surface area contributed by atoms with Crippen molar-refractivity contribution in [3.05, 3.63) is 63.5 Å². The molecule has 27 heavy (non-hydrogen) atoms. The second-order valence-corrected chi connectivity index (χ2v) is 7.18. The van der Waals surface area contributed by atoms with Crippen molar-refractivity contribution in [3.63, 3.8) is 0 Å². The fraction of sp³-hybridized carbons (Fsp3) is 0.105. The second-order valence-electron chi connectivity index (χ2n) is 5.86. The molecule has 136 valence electrons. The predicted molar refractivity (Wildman–Crippen MR) is 110 cm³/mol. The molecule has 0 bridgehead atoms. The fourth-order valence-electron chi connectivity index (χ4n) is 2.69. The van der Waals surface area contributed by atoms with E-state index in [1.807, 2.05) is 18.4 Å². The van der Waals surface area contributed by atoms with Gasteiger partial charge in [0.1, 0.15) is 0 Å². The number of rotatable bonds is 4. The van der Waals surface area contributed by atoms with E-state index in [4.69, 9.17) is 13.0 Å². The number of anilines is 2. The molecule has 2 N–H and O–H groups in total. The van der Waals surface area contributed by atoms with Crippen molar-refractivity contribution in [2.24, 2.45) is 0 Å². The standard InChI is InChI=1S/C19H16ClN5OS/c1-11-16(24-15-6-4-3-5-14(15)20)7-12-9-22-25(18(12)23-11)13-8-17(27-10-13)19(26)21-2/h3-10,24H,1-2H3,(H,21,26)/i6D. The van der Waals surface area contributed by atoms with Crippen molar-refractivity contribution in [1.29, 1.82) is 0 Å². The summed E-state index contributed by atoms with van der Waals surface area (Å²) in [5.74, 6) is -0.130. The van der Waals surface area contributed by atoms with E-state index in [1.54, 1.807) is 42.2 Å². The van der Waals surface area contributed by atoms with Gasteiger partial charge in [-0.05, 0) is 31.2 Å². The summed E-state index contributed by atoms with van der Waals surface area (Å²) in [6.07, 6.45) is 1.72. The first kappa shape index (κ1) is 16.3. The van der Waals surface area contributed by atoms with Crippen molar-refractivity contribution in [1.82, 2.24) is 20.1 Å². The van der Waals surface area contributed by atoms with Crippen LogP contribution >= 0.6 is 22.9 Å². The van der Waals surface area contributed by atoms with Gasteiger partial charge in [-0.1, -0.05) is 23.7 Å². The molecule has 0 aliphatic carbocycles. The van der Waals surface area contributed by atoms with Crippen LogP contribution in [0.4, 0.5) is 11.4 Å². The number of benzene rings is 1. The molecule has 0 saturated carbocycles. The van der Waals surface area contributed by atoms with Crippen LogP contribution < -0.4 is 10.6 Å². The van der Waals surface area contributed by atoms with E-state index in [9.17, 15) is 4.79 Å². The molecule has 8 heteroatoms.